The molecule has 474 valence electrons. The number of carboxylic acids is 1. The number of rotatable bonds is 42. The Balaban J connectivity index is 2.06. The molecule has 12 atom stereocenters. The quantitative estimate of drug-likeness (QED) is 0.0214. The fourth-order valence-electron chi connectivity index (χ4n) is 8.35. The second-order valence-electron chi connectivity index (χ2n) is 20.4. The summed E-state index contributed by atoms with van der Waals surface area (Å²) in [5.41, 5.74) is 6.11. The molecule has 84 heavy (non-hydrogen) atoms. The number of imide groups is 1. The lowest BCUT2D eigenvalue weighted by atomic mass is 10.0. The van der Waals surface area contributed by atoms with E-state index in [-0.39, 0.29) is 90.4 Å². The number of hydrogen-bond acceptors (Lipinski definition) is 22. The maximum Gasteiger partial charge on any atom is 0.326 e. The van der Waals surface area contributed by atoms with Crippen LogP contribution in [0.2, 0.25) is 0 Å². The van der Waals surface area contributed by atoms with Crippen molar-refractivity contribution in [2.45, 2.75) is 158 Å². The number of anilines is 1. The predicted molar refractivity (Wildman–Crippen MR) is 292 cm³/mol. The molecule has 0 fully saturated rings. The van der Waals surface area contributed by atoms with Gasteiger partial charge in [-0.05, 0) is 81.5 Å². The van der Waals surface area contributed by atoms with Crippen molar-refractivity contribution >= 4 is 64.9 Å². The zero-order valence-corrected chi connectivity index (χ0v) is 46.8. The van der Waals surface area contributed by atoms with Crippen molar-refractivity contribution in [1.29, 1.82) is 0 Å². The summed E-state index contributed by atoms with van der Waals surface area (Å²) in [5, 5.41) is 138. The summed E-state index contributed by atoms with van der Waals surface area (Å²) < 4.78 is 0. The molecule has 0 saturated carbocycles. The molecule has 1 heterocycles. The van der Waals surface area contributed by atoms with Crippen LogP contribution in [0.4, 0.5) is 10.5 Å². The summed E-state index contributed by atoms with van der Waals surface area (Å²) in [7, 11) is 0. The smallest absolute Gasteiger partial charge is 0.326 e. The van der Waals surface area contributed by atoms with Gasteiger partial charge in [-0.2, -0.15) is 0 Å². The molecule has 1 aromatic rings. The Labute approximate surface area is 483 Å². The highest BCUT2D eigenvalue weighted by Crippen LogP contribution is 2.16. The van der Waals surface area contributed by atoms with Gasteiger partial charge in [0.05, 0.1) is 32.0 Å². The SMILES string of the molecule is CC(C)[C@H](NC(=O)CCC(=O)NCCCCC(NC(=O)[C@H](CCCCN(C[C@H](O)[C@@H](O)[C@H](O)[C@H](O)CO)C[C@H](O)[C@@H](O)[C@H](O)[C@H](O)CO)NC(=O)CN1C(=O)C=CC1=O)C(=O)O)C(=O)N[C@@H](CCCNC(N)=O)C(=O)Nc1ccc(CO)cc1. The van der Waals surface area contributed by atoms with Crippen molar-refractivity contribution in [3.8, 4) is 0 Å². The molecular weight excluding hydrogens is 1120 g/mol. The highest BCUT2D eigenvalue weighted by Gasteiger charge is 2.36. The minimum Gasteiger partial charge on any atom is -0.480 e. The van der Waals surface area contributed by atoms with Crippen LogP contribution in [-0.2, 0) is 49.8 Å². The van der Waals surface area contributed by atoms with Crippen LogP contribution in [0.5, 0.6) is 0 Å². The van der Waals surface area contributed by atoms with Crippen molar-refractivity contribution in [3.63, 3.8) is 0 Å². The summed E-state index contributed by atoms with van der Waals surface area (Å²) in [6, 6.07) is 0.177. The van der Waals surface area contributed by atoms with E-state index >= 15 is 0 Å². The van der Waals surface area contributed by atoms with Crippen LogP contribution < -0.4 is 43.0 Å². The highest BCUT2D eigenvalue weighted by molar-refractivity contribution is 6.14. The summed E-state index contributed by atoms with van der Waals surface area (Å²) in [5.74, 6) is -8.16. The van der Waals surface area contributed by atoms with E-state index in [1.54, 1.807) is 38.1 Å². The van der Waals surface area contributed by atoms with Gasteiger partial charge in [0.15, 0.2) is 0 Å². The van der Waals surface area contributed by atoms with E-state index in [2.05, 4.69) is 37.2 Å². The molecule has 2 rings (SSSR count). The minimum absolute atomic E-state index is 0.00260. The van der Waals surface area contributed by atoms with Gasteiger partial charge in [0.2, 0.25) is 35.4 Å². The van der Waals surface area contributed by atoms with E-state index < -0.39 is 171 Å². The molecule has 0 aromatic heterocycles. The van der Waals surface area contributed by atoms with Crippen molar-refractivity contribution in [2.75, 3.05) is 57.8 Å². The zero-order chi connectivity index (χ0) is 63.2. The lowest BCUT2D eigenvalue weighted by Gasteiger charge is -2.33. The number of carbonyl (C=O) groups is 10. The van der Waals surface area contributed by atoms with Gasteiger partial charge in [0.1, 0.15) is 67.3 Å². The first kappa shape index (κ1) is 73.3. The second kappa shape index (κ2) is 38.2. The number of hydrogen-bond donors (Lipinski definition) is 20. The van der Waals surface area contributed by atoms with Gasteiger partial charge in [-0.1, -0.05) is 26.0 Å². The number of urea groups is 1. The van der Waals surface area contributed by atoms with Gasteiger partial charge in [-0.15, -0.1) is 0 Å². The molecule has 10 amide bonds. The Morgan fingerprint density at radius 3 is 1.57 bits per heavy atom. The van der Waals surface area contributed by atoms with Crippen molar-refractivity contribution in [1.82, 2.24) is 41.7 Å². The van der Waals surface area contributed by atoms with Gasteiger partial charge in [-0.25, -0.2) is 9.59 Å². The number of nitrogens with one attached hydrogen (secondary N) is 7. The van der Waals surface area contributed by atoms with Crippen LogP contribution in [0.15, 0.2) is 36.4 Å². The Bertz CT molecular complexity index is 2290. The average molecular weight is 1200 g/mol. The number of amides is 10. The Morgan fingerprint density at radius 2 is 1.05 bits per heavy atom. The number of unbranched alkanes of at least 4 members (excludes halogenated alkanes) is 2. The highest BCUT2D eigenvalue weighted by atomic mass is 16.4. The molecule has 21 N–H and O–H groups in total. The fraction of sp³-hybridized carbons (Fsp3) is 0.654. The lowest BCUT2D eigenvalue weighted by Crippen LogP contribution is -2.54. The minimum atomic E-state index is -2.07. The average Bonchev–Trinajstić information content (AvgIpc) is 3.79. The summed E-state index contributed by atoms with van der Waals surface area (Å²) >= 11 is 0. The molecule has 0 saturated heterocycles. The van der Waals surface area contributed by atoms with E-state index in [0.29, 0.717) is 16.2 Å². The molecule has 0 radical (unpaired) electrons. The van der Waals surface area contributed by atoms with Gasteiger partial charge in [0.25, 0.3) is 11.8 Å². The maximum atomic E-state index is 13.7. The molecule has 32 nitrogen and oxygen atoms in total. The molecule has 32 heteroatoms. The largest absolute Gasteiger partial charge is 0.480 e. The van der Waals surface area contributed by atoms with Crippen molar-refractivity contribution in [3.05, 3.63) is 42.0 Å². The first-order chi connectivity index (χ1) is 39.6. The van der Waals surface area contributed by atoms with Gasteiger partial charge in [-0.3, -0.25) is 48.2 Å². The number of benzene rings is 1. The molecular formula is C52H84N10O22. The van der Waals surface area contributed by atoms with Crippen LogP contribution in [-0.4, -0.2) is 256 Å². The second-order valence-corrected chi connectivity index (χ2v) is 20.4. The topological polar surface area (TPSA) is 530 Å². The summed E-state index contributed by atoms with van der Waals surface area (Å²) in [4.78, 5) is 129. The molecule has 0 aliphatic carbocycles. The monoisotopic (exact) mass is 1200 g/mol. The standard InChI is InChI=1S/C52H84N10O22/c1-28(2)43(50(81)58-32(10-7-20-55-52(53)84)48(79)56-30-13-11-29(25-63)12-14-30)60-39(71)16-15-38(70)54-19-5-3-9-33(51(82)83)59-49(80)31(57-40(72)24-62-41(73)17-18-42(62)74)8-4-6-21-61(22-34(66)44(75)46(77)36(68)26-64)23-35(67)45(76)47(78)37(69)27-65/h11-14,17-18,28,31-37,43-47,63-69,75-78H,3-10,15-16,19-27H2,1-2H3,(H,54,70)(H,56,79)(H,57,72)(H,58,81)(H,59,80)(H,60,71)(H,82,83)(H3,53,55,84)/t31-,32-,33?,34-,35-,36+,37+,43-,44+,45+,46+,47+/m0/s1. The first-order valence-electron chi connectivity index (χ1n) is 27.3. The molecule has 1 unspecified atom stereocenters. The number of nitrogens with two attached hydrogens (primary N) is 1. The first-order valence-corrected chi connectivity index (χ1v) is 27.3. The van der Waals surface area contributed by atoms with E-state index in [1.807, 2.05) is 0 Å². The Hall–Kier alpha value is -6.82. The maximum absolute atomic E-state index is 13.7. The number of primary amides is 1. The van der Waals surface area contributed by atoms with Crippen LogP contribution >= 0.6 is 0 Å². The Morgan fingerprint density at radius 1 is 0.560 bits per heavy atom. The van der Waals surface area contributed by atoms with Gasteiger partial charge in [0, 0.05) is 56.9 Å². The van der Waals surface area contributed by atoms with Gasteiger partial charge >= 0.3 is 12.0 Å². The van der Waals surface area contributed by atoms with Crippen LogP contribution in [0, 0.1) is 5.92 Å². The van der Waals surface area contributed by atoms with E-state index in [9.17, 15) is 109 Å². The number of carboxylic acid groups (broad SMARTS) is 1. The van der Waals surface area contributed by atoms with Gasteiger partial charge < -0.3 is 104 Å². The van der Waals surface area contributed by atoms with Crippen LogP contribution in [0.3, 0.4) is 0 Å². The third-order valence-electron chi connectivity index (χ3n) is 13.3. The van der Waals surface area contributed by atoms with E-state index in [0.717, 1.165) is 12.2 Å². The van der Waals surface area contributed by atoms with Crippen LogP contribution in [0.25, 0.3) is 0 Å². The summed E-state index contributed by atoms with van der Waals surface area (Å²) in [6.07, 6.45) is -14.5. The molecule has 0 bridgehead atoms. The molecule has 1 aliphatic heterocycles. The number of aliphatic hydroxyl groups is 11. The third kappa shape index (κ3) is 26.4. The molecule has 0 spiro atoms. The molecule has 1 aliphatic rings. The number of aliphatic hydroxyl groups excluding tert-OH is 11. The number of carbonyl (C=O) groups excluding carboxylic acids is 9. The number of aliphatic carboxylic acids is 1. The number of nitrogens with zero attached hydrogens (tertiary/aromatic N) is 2. The lowest BCUT2D eigenvalue weighted by molar-refractivity contribution is -0.143. The van der Waals surface area contributed by atoms with E-state index in [1.165, 1.54) is 4.90 Å². The van der Waals surface area contributed by atoms with Crippen molar-refractivity contribution < 1.29 is 109 Å². The van der Waals surface area contributed by atoms with Crippen molar-refractivity contribution in [2.24, 2.45) is 11.7 Å². The Kier molecular flexibility index (Phi) is 33.3. The normalized spacial score (nSPS) is 16.7. The van der Waals surface area contributed by atoms with Crippen LogP contribution in [0.1, 0.15) is 83.6 Å². The summed E-state index contributed by atoms with van der Waals surface area (Å²) in [6.45, 7) is -1.01. The molecule has 1 aromatic carbocycles. The zero-order valence-electron chi connectivity index (χ0n) is 46.8. The predicted octanol–water partition coefficient (Wildman–Crippen LogP) is -7.42. The van der Waals surface area contributed by atoms with E-state index in [4.69, 9.17) is 5.73 Å². The third-order valence-corrected chi connectivity index (χ3v) is 13.3. The fourth-order valence-corrected chi connectivity index (χ4v) is 8.35.